The van der Waals surface area contributed by atoms with Crippen LogP contribution in [0.5, 0.6) is 0 Å². The van der Waals surface area contributed by atoms with Crippen LogP contribution in [-0.2, 0) is 16.0 Å². The Labute approximate surface area is 107 Å². The summed E-state index contributed by atoms with van der Waals surface area (Å²) in [5.74, 6) is -0.236. The average molecular weight is 268 g/mol. The molecule has 0 saturated heterocycles. The topological polar surface area (TPSA) is 52.1 Å². The predicted molar refractivity (Wildman–Crippen MR) is 68.3 cm³/mol. The Bertz CT molecular complexity index is 519. The minimum Gasteiger partial charge on any atom is -0.466 e. The lowest BCUT2D eigenvalue weighted by Crippen LogP contribution is -2.07. The van der Waals surface area contributed by atoms with Crippen LogP contribution in [0.3, 0.4) is 0 Å². The predicted octanol–water partition coefficient (Wildman–Crippen LogP) is 2.68. The molecule has 2 aromatic rings. The molecule has 6 heteroatoms. The van der Waals surface area contributed by atoms with Gasteiger partial charge < -0.3 is 4.74 Å². The molecule has 17 heavy (non-hydrogen) atoms. The smallest absolute Gasteiger partial charge is 0.311 e. The van der Waals surface area contributed by atoms with Gasteiger partial charge in [-0.3, -0.25) is 4.79 Å². The molecule has 0 amide bonds. The van der Waals surface area contributed by atoms with Crippen molar-refractivity contribution in [2.45, 2.75) is 20.3 Å². The van der Waals surface area contributed by atoms with E-state index in [0.29, 0.717) is 6.61 Å². The van der Waals surface area contributed by atoms with Gasteiger partial charge in [-0.25, -0.2) is 9.97 Å². The molecule has 90 valence electrons. The molecular formula is C11H12N2O2S2. The van der Waals surface area contributed by atoms with Gasteiger partial charge in [-0.05, 0) is 13.8 Å². The van der Waals surface area contributed by atoms with Crippen molar-refractivity contribution in [2.75, 3.05) is 6.61 Å². The summed E-state index contributed by atoms with van der Waals surface area (Å²) in [7, 11) is 0. The highest BCUT2D eigenvalue weighted by atomic mass is 32.1. The van der Waals surface area contributed by atoms with Gasteiger partial charge in [0.05, 0.1) is 18.7 Å². The fourth-order valence-electron chi connectivity index (χ4n) is 1.30. The van der Waals surface area contributed by atoms with Crippen LogP contribution >= 0.6 is 22.7 Å². The van der Waals surface area contributed by atoms with Crippen molar-refractivity contribution in [3.05, 3.63) is 22.1 Å². The van der Waals surface area contributed by atoms with Crippen LogP contribution < -0.4 is 0 Å². The zero-order chi connectivity index (χ0) is 12.3. The van der Waals surface area contributed by atoms with Gasteiger partial charge in [-0.15, -0.1) is 22.7 Å². The Morgan fingerprint density at radius 1 is 1.29 bits per heavy atom. The monoisotopic (exact) mass is 268 g/mol. The summed E-state index contributed by atoms with van der Waals surface area (Å²) in [4.78, 5) is 20.0. The number of thiazole rings is 2. The van der Waals surface area contributed by atoms with Crippen molar-refractivity contribution >= 4 is 28.6 Å². The van der Waals surface area contributed by atoms with Gasteiger partial charge in [-0.1, -0.05) is 0 Å². The van der Waals surface area contributed by atoms with E-state index in [1.54, 1.807) is 18.3 Å². The first-order valence-electron chi connectivity index (χ1n) is 5.21. The second-order valence-electron chi connectivity index (χ2n) is 3.42. The van der Waals surface area contributed by atoms with E-state index in [-0.39, 0.29) is 12.4 Å². The summed E-state index contributed by atoms with van der Waals surface area (Å²) >= 11 is 3.07. The number of esters is 1. The van der Waals surface area contributed by atoms with E-state index in [1.165, 1.54) is 11.3 Å². The molecule has 0 aliphatic rings. The fourth-order valence-corrected chi connectivity index (χ4v) is 2.97. The summed E-state index contributed by atoms with van der Waals surface area (Å²) in [6.07, 6.45) is 0.231. The maximum absolute atomic E-state index is 11.3. The Morgan fingerprint density at radius 2 is 2.00 bits per heavy atom. The highest BCUT2D eigenvalue weighted by Gasteiger charge is 2.11. The molecule has 0 atom stereocenters. The van der Waals surface area contributed by atoms with Gasteiger partial charge in [0.25, 0.3) is 0 Å². The minimum absolute atomic E-state index is 0.231. The number of aromatic nitrogens is 2. The van der Waals surface area contributed by atoms with Crippen LogP contribution in [0.4, 0.5) is 0 Å². The van der Waals surface area contributed by atoms with Gasteiger partial charge >= 0.3 is 5.97 Å². The van der Waals surface area contributed by atoms with Crippen LogP contribution in [0, 0.1) is 6.92 Å². The quantitative estimate of drug-likeness (QED) is 0.800. The maximum Gasteiger partial charge on any atom is 0.311 e. The molecule has 0 spiro atoms. The van der Waals surface area contributed by atoms with E-state index in [9.17, 15) is 4.79 Å². The van der Waals surface area contributed by atoms with E-state index < -0.39 is 0 Å². The Balaban J connectivity index is 2.08. The second-order valence-corrected chi connectivity index (χ2v) is 5.14. The molecule has 2 aromatic heterocycles. The van der Waals surface area contributed by atoms with Crippen LogP contribution in [0.2, 0.25) is 0 Å². The molecule has 0 bridgehead atoms. The van der Waals surface area contributed by atoms with Crippen molar-refractivity contribution in [1.29, 1.82) is 0 Å². The third-order valence-corrected chi connectivity index (χ3v) is 3.98. The first-order chi connectivity index (χ1) is 8.19. The summed E-state index contributed by atoms with van der Waals surface area (Å²) in [6, 6.07) is 0. The molecule has 0 radical (unpaired) electrons. The summed E-state index contributed by atoms with van der Waals surface area (Å²) in [5.41, 5.74) is 1.74. The molecule has 0 unspecified atom stereocenters. The molecule has 0 saturated carbocycles. The highest BCUT2D eigenvalue weighted by molar-refractivity contribution is 7.19. The first kappa shape index (κ1) is 12.2. The average Bonchev–Trinajstić information content (AvgIpc) is 2.87. The molecule has 2 heterocycles. The molecular weight excluding hydrogens is 256 g/mol. The number of carbonyl (C=O) groups excluding carboxylic acids is 1. The zero-order valence-electron chi connectivity index (χ0n) is 9.60. The summed E-state index contributed by atoms with van der Waals surface area (Å²) < 4.78 is 4.88. The van der Waals surface area contributed by atoms with Gasteiger partial charge in [0.2, 0.25) is 0 Å². The molecule has 4 nitrogen and oxygen atoms in total. The largest absolute Gasteiger partial charge is 0.466 e. The number of nitrogens with zero attached hydrogens (tertiary/aromatic N) is 2. The van der Waals surface area contributed by atoms with Crippen molar-refractivity contribution in [3.63, 3.8) is 0 Å². The first-order valence-corrected chi connectivity index (χ1v) is 6.97. The molecule has 0 fully saturated rings. The number of aryl methyl sites for hydroxylation is 1. The van der Waals surface area contributed by atoms with Gasteiger partial charge in [0.15, 0.2) is 10.0 Å². The number of hydrogen-bond acceptors (Lipinski definition) is 6. The Morgan fingerprint density at radius 3 is 2.65 bits per heavy atom. The van der Waals surface area contributed by atoms with Crippen molar-refractivity contribution in [2.24, 2.45) is 0 Å². The molecule has 0 aliphatic carbocycles. The Kier molecular flexibility index (Phi) is 3.86. The fraction of sp³-hybridized carbons (Fsp3) is 0.364. The lowest BCUT2D eigenvalue weighted by atomic mass is 10.3. The van der Waals surface area contributed by atoms with E-state index >= 15 is 0 Å². The molecule has 0 aromatic carbocycles. The van der Waals surface area contributed by atoms with E-state index in [0.717, 1.165) is 21.4 Å². The van der Waals surface area contributed by atoms with Gasteiger partial charge in [0, 0.05) is 16.5 Å². The minimum atomic E-state index is -0.236. The van der Waals surface area contributed by atoms with Crippen LogP contribution in [0.1, 0.15) is 18.3 Å². The SMILES string of the molecule is CCOC(=O)Cc1csc(-c2nc(C)cs2)n1. The van der Waals surface area contributed by atoms with Crippen LogP contribution in [0.25, 0.3) is 10.0 Å². The molecule has 2 rings (SSSR count). The van der Waals surface area contributed by atoms with Crippen LogP contribution in [-0.4, -0.2) is 22.5 Å². The van der Waals surface area contributed by atoms with Crippen molar-refractivity contribution < 1.29 is 9.53 Å². The third-order valence-electron chi connectivity index (χ3n) is 1.98. The van der Waals surface area contributed by atoms with Gasteiger partial charge in [-0.2, -0.15) is 0 Å². The van der Waals surface area contributed by atoms with Crippen molar-refractivity contribution in [3.8, 4) is 10.0 Å². The van der Waals surface area contributed by atoms with E-state index in [2.05, 4.69) is 9.97 Å². The van der Waals surface area contributed by atoms with Gasteiger partial charge in [0.1, 0.15) is 0 Å². The van der Waals surface area contributed by atoms with Crippen molar-refractivity contribution in [1.82, 2.24) is 9.97 Å². The number of rotatable bonds is 4. The lowest BCUT2D eigenvalue weighted by molar-refractivity contribution is -0.142. The normalized spacial score (nSPS) is 10.5. The summed E-state index contributed by atoms with van der Waals surface area (Å²) in [5, 5.41) is 5.63. The summed E-state index contributed by atoms with van der Waals surface area (Å²) in [6.45, 7) is 4.15. The Hall–Kier alpha value is -1.27. The highest BCUT2D eigenvalue weighted by Crippen LogP contribution is 2.26. The second kappa shape index (κ2) is 5.37. The number of ether oxygens (including phenoxy) is 1. The zero-order valence-corrected chi connectivity index (χ0v) is 11.2. The lowest BCUT2D eigenvalue weighted by Gasteiger charge is -1.97. The molecule has 0 N–H and O–H groups in total. The number of carbonyl (C=O) groups is 1. The van der Waals surface area contributed by atoms with E-state index in [4.69, 9.17) is 4.74 Å². The van der Waals surface area contributed by atoms with E-state index in [1.807, 2.05) is 17.7 Å². The maximum atomic E-state index is 11.3. The number of hydrogen-bond donors (Lipinski definition) is 0. The van der Waals surface area contributed by atoms with Crippen LogP contribution in [0.15, 0.2) is 10.8 Å². The standard InChI is InChI=1S/C11H12N2O2S2/c1-3-15-9(14)4-8-6-17-11(13-8)10-12-7(2)5-16-10/h5-6H,3-4H2,1-2H3. The third kappa shape index (κ3) is 3.10. The molecule has 0 aliphatic heterocycles.